The zero-order valence-electron chi connectivity index (χ0n) is 91.1. The van der Waals surface area contributed by atoms with Crippen molar-refractivity contribution in [3.63, 3.8) is 0 Å². The molecule has 2 heterocycles. The molecule has 96 heavy (non-hydrogen) atoms. The van der Waals surface area contributed by atoms with Gasteiger partial charge in [0.05, 0.1) is 37.2 Å². The van der Waals surface area contributed by atoms with Crippen molar-refractivity contribution in [1.29, 1.82) is 0 Å². The second-order valence-electron chi connectivity index (χ2n) is 20.1. The lowest BCUT2D eigenvalue weighted by molar-refractivity contribution is -0.138. The predicted octanol–water partition coefficient (Wildman–Crippen LogP) is 15.0. The number of hydrogen-bond acceptors (Lipinski definition) is 10. The van der Waals surface area contributed by atoms with Crippen LogP contribution in [0.1, 0.15) is 157 Å². The topological polar surface area (TPSA) is 117 Å². The lowest BCUT2D eigenvalue weighted by atomic mass is 9.98. The van der Waals surface area contributed by atoms with Gasteiger partial charge < -0.3 is 28.7 Å². The predicted molar refractivity (Wildman–Crippen MR) is 362 cm³/mol. The molecule has 0 saturated carbocycles. The van der Waals surface area contributed by atoms with Crippen LogP contribution in [0.4, 0.5) is 35.1 Å². The Bertz CT molecular complexity index is 6100. The Hall–Kier alpha value is -7.92. The Morgan fingerprint density at radius 3 is 1.54 bits per heavy atom. The Morgan fingerprint density at radius 2 is 1.04 bits per heavy atom. The Labute approximate surface area is 620 Å². The van der Waals surface area contributed by atoms with Gasteiger partial charge in [0.2, 0.25) is 11.8 Å². The van der Waals surface area contributed by atoms with Gasteiger partial charge in [0.1, 0.15) is 24.7 Å². The zero-order valence-corrected chi connectivity index (χ0v) is 52.8. The number of hydrogen-bond donors (Lipinski definition) is 0. The highest BCUT2D eigenvalue weighted by molar-refractivity contribution is 7.98. The molecule has 0 radical (unpaired) electrons. The largest absolute Gasteiger partial charge is 0.416 e. The number of carbonyl (C=O) groups excluding carboxylic acids is 2. The lowest BCUT2D eigenvalue weighted by Crippen LogP contribution is -2.40. The molecule has 22 heteroatoms. The van der Waals surface area contributed by atoms with E-state index >= 15 is 0 Å². The molecule has 0 saturated heterocycles. The summed E-state index contributed by atoms with van der Waals surface area (Å²) in [6.07, 6.45) is -16.3. The maximum atomic E-state index is 15.0. The number of halogens is 8. The number of nitrogens with zero attached hydrogens (tertiary/aromatic N) is 8. The molecule has 1 atom stereocenters. The van der Waals surface area contributed by atoms with Crippen LogP contribution >= 0.6 is 23.5 Å². The van der Waals surface area contributed by atoms with E-state index in [1.807, 2.05) is 0 Å². The number of benzene rings is 6. The molecule has 2 aliphatic rings. The molecule has 2 aromatic heterocycles. The molecule has 1 unspecified atom stereocenters. The first-order chi connectivity index (χ1) is 61.2. The second-order valence-corrected chi connectivity index (χ2v) is 21.6. The van der Waals surface area contributed by atoms with E-state index in [0.717, 1.165) is 42.7 Å². The third kappa shape index (κ3) is 19.0. The average Bonchev–Trinajstić information content (AvgIpc) is 1.47. The molecular weight excluding hydrogens is 1280 g/mol. The van der Waals surface area contributed by atoms with Gasteiger partial charge in [-0.2, -0.15) is 36.3 Å². The van der Waals surface area contributed by atoms with Gasteiger partial charge in [-0.25, -0.2) is 8.78 Å². The van der Waals surface area contributed by atoms with Gasteiger partial charge in [-0.1, -0.05) is 149 Å². The van der Waals surface area contributed by atoms with Crippen molar-refractivity contribution in [1.82, 2.24) is 38.7 Å². The molecule has 6 aromatic carbocycles. The Balaban J connectivity index is 0.000000305. The Morgan fingerprint density at radius 1 is 0.573 bits per heavy atom. The quantitative estimate of drug-likeness (QED) is 0.0295. The normalized spacial score (nSPS) is 23.0. The van der Waals surface area contributed by atoms with E-state index in [0.29, 0.717) is 37.8 Å². The third-order valence-electron chi connectivity index (χ3n) is 13.7. The van der Waals surface area contributed by atoms with Gasteiger partial charge >= 0.3 is 12.4 Å². The van der Waals surface area contributed by atoms with Crippen LogP contribution in [-0.2, 0) is 85.1 Å². The fraction of sp³-hybridized carbons (Fsp3) is 0.378. The first-order valence-corrected chi connectivity index (χ1v) is 29.8. The number of fused-ring (bicyclic) bond motifs is 2. The minimum Gasteiger partial charge on any atom is -0.336 e. The second kappa shape index (κ2) is 32.9. The van der Waals surface area contributed by atoms with Gasteiger partial charge in [0.15, 0.2) is 10.3 Å². The van der Waals surface area contributed by atoms with Crippen LogP contribution in [0.5, 0.6) is 0 Å². The SMILES string of the molecule is [2H]c1c([2H])c(C([2H])([2H])Sc2nc(=O)c3c(n2CC(=O)N(Cc2c([2H])c([2H])c(-c4c([2H])c([2H])c(C(F)(F)F)c([2H])c4[2H])c([2H])c2C)C([2H])([2H])C([2H])([2H])N(C([2H])([2H])C)C([2H])([2H])C)CCC3)c([2H])c([2H])c1F.[2H]c1c([2H])c(C([2H])([2H])Sc2nc(=O)c3c(n2CC(=O)N(Cc2ccc(-c4ccc(C(F)(F)F)cc4)cc2)C([2H])([2H])C([2H])([2H])N(C([2H])([2H])C)C([2H])([2H])C)C([2H])([2H])C([2H])(C)C3([2H])[2H])c([2H])c([2H])c1F. The monoisotopic (exact) mass is 1400 g/mol. The average molecular weight is 1400 g/mol. The van der Waals surface area contributed by atoms with Crippen molar-refractivity contribution in [3.05, 3.63) is 233 Å². The molecule has 12 nitrogen and oxygen atoms in total. The van der Waals surface area contributed by atoms with Gasteiger partial charge in [0, 0.05) is 102 Å². The fourth-order valence-electron chi connectivity index (χ4n) is 8.99. The van der Waals surface area contributed by atoms with Crippen molar-refractivity contribution in [2.45, 2.75) is 134 Å². The van der Waals surface area contributed by atoms with Crippen LogP contribution in [0, 0.1) is 24.5 Å². The van der Waals surface area contributed by atoms with Crippen LogP contribution in [0.15, 0.2) is 159 Å². The maximum absolute atomic E-state index is 15.0. The molecule has 2 aliphatic carbocycles. The molecule has 8 aromatic rings. The van der Waals surface area contributed by atoms with Crippen molar-refractivity contribution >= 4 is 35.3 Å². The van der Waals surface area contributed by atoms with Crippen LogP contribution in [0.25, 0.3) is 22.3 Å². The molecule has 10 rings (SSSR count). The smallest absolute Gasteiger partial charge is 0.336 e. The minimum atomic E-state index is -5.38. The molecule has 0 aliphatic heterocycles. The van der Waals surface area contributed by atoms with Gasteiger partial charge in [-0.05, 0) is 169 Å². The molecular formula is C74H80F8N8O4S2. The summed E-state index contributed by atoms with van der Waals surface area (Å²) in [5.74, 6) is -9.39. The van der Waals surface area contributed by atoms with E-state index in [-0.39, 0.29) is 84.8 Å². The fourth-order valence-corrected chi connectivity index (χ4v) is 10.4. The van der Waals surface area contributed by atoms with E-state index in [1.54, 1.807) is 0 Å². The summed E-state index contributed by atoms with van der Waals surface area (Å²) in [5, 5.41) is -1.78. The number of aromatic nitrogens is 4. The van der Waals surface area contributed by atoms with Gasteiger partial charge in [0.25, 0.3) is 11.1 Å². The highest BCUT2D eigenvalue weighted by Crippen LogP contribution is 2.35. The van der Waals surface area contributed by atoms with Crippen molar-refractivity contribution in [2.75, 3.05) is 52.0 Å². The van der Waals surface area contributed by atoms with Crippen LogP contribution in [-0.4, -0.2) is 102 Å². The van der Waals surface area contributed by atoms with Crippen LogP contribution < -0.4 is 11.1 Å². The maximum Gasteiger partial charge on any atom is 0.416 e. The highest BCUT2D eigenvalue weighted by atomic mass is 32.2. The molecule has 0 N–H and O–H groups in total. The van der Waals surface area contributed by atoms with E-state index in [9.17, 15) is 59.8 Å². The summed E-state index contributed by atoms with van der Waals surface area (Å²) in [6.45, 7) is -28.4. The summed E-state index contributed by atoms with van der Waals surface area (Å²) < 4.78 is 454. The van der Waals surface area contributed by atoms with E-state index in [4.69, 9.17) is 49.3 Å². The number of rotatable bonds is 26. The third-order valence-corrected chi connectivity index (χ3v) is 15.3. The van der Waals surface area contributed by atoms with Crippen molar-refractivity contribution in [2.24, 2.45) is 5.89 Å². The molecule has 2 amide bonds. The molecule has 0 spiro atoms. The summed E-state index contributed by atoms with van der Waals surface area (Å²) in [6, 6.07) is -9.78. The van der Waals surface area contributed by atoms with Crippen LogP contribution in [0.3, 0.4) is 0 Å². The van der Waals surface area contributed by atoms with Crippen molar-refractivity contribution in [3.8, 4) is 22.3 Å². The van der Waals surface area contributed by atoms with E-state index in [1.165, 1.54) is 24.3 Å². The van der Waals surface area contributed by atoms with E-state index < -0.39 is 312 Å². The first-order valence-electron chi connectivity index (χ1n) is 48.2. The summed E-state index contributed by atoms with van der Waals surface area (Å²) in [4.78, 5) is 64.5. The number of thioether (sulfide) groups is 2. The molecule has 0 fully saturated rings. The Kier molecular flexibility index (Phi) is 12.4. The standard InChI is InChI=1S/2C37H40F4N4O2S/c1-4-43(5-2)18-19-44(22-26-6-10-28(11-7-26)29-12-14-30(15-13-29)37(39,40)41)34(46)23-45-33-21-25(3)20-32(33)35(47)42-36(45)48-24-27-8-16-31(38)17-9-27;1-4-43(5-2)19-20-44(22-29-12-11-28(21-25(29)3)27-13-15-30(16-14-27)37(39,40)41)34(46)23-45-33-8-6-7-32(33)35(47)42-36(45)48-24-26-9-17-31(38)18-10-26/h6-17,25H,4-5,18-24H2,1-3H3;9-18,21H,4-8,19-20,22-24H2,1-3H3/i4D2,5D2,8D,9D,16D,17D,18D2,19D2,20D2,21D2,24D2,25D;4D2,5D2,9D,10D,11D,12D,13D,14D,15D,16D,17D,18D,19D2,20D2,21D,24D2. The first kappa shape index (κ1) is 36.1. The number of amides is 2. The lowest BCUT2D eigenvalue weighted by Gasteiger charge is -2.28. The highest BCUT2D eigenvalue weighted by Gasteiger charge is 2.33. The van der Waals surface area contributed by atoms with Crippen molar-refractivity contribution < 1.29 is 99.5 Å². The number of carbonyl (C=O) groups is 2. The van der Waals surface area contributed by atoms with E-state index in [2.05, 4.69) is 9.97 Å². The molecule has 0 bridgehead atoms. The number of alkyl halides is 6. The summed E-state index contributed by atoms with van der Waals surface area (Å²) in [7, 11) is 0. The van der Waals surface area contributed by atoms with Gasteiger partial charge in [-0.3, -0.25) is 19.2 Å². The zero-order chi connectivity index (χ0) is 104. The summed E-state index contributed by atoms with van der Waals surface area (Å²) >= 11 is -0.295. The van der Waals surface area contributed by atoms with Gasteiger partial charge in [-0.15, -0.1) is 0 Å². The minimum absolute atomic E-state index is 0.000286. The molecule has 508 valence electrons. The van der Waals surface area contributed by atoms with Crippen LogP contribution in [0.2, 0.25) is 0 Å². The summed E-state index contributed by atoms with van der Waals surface area (Å²) in [5.41, 5.74) is -18.8. The number of likely N-dealkylation sites (N-methyl/N-ethyl adjacent to an activating group) is 2.